The van der Waals surface area contributed by atoms with E-state index in [1.54, 1.807) is 18.2 Å². The van der Waals surface area contributed by atoms with Crippen LogP contribution in [0.15, 0.2) is 24.3 Å². The molecule has 0 aromatic heterocycles. The summed E-state index contributed by atoms with van der Waals surface area (Å²) < 4.78 is 41.7. The van der Waals surface area contributed by atoms with Crippen LogP contribution in [0.4, 0.5) is 18.9 Å². The zero-order chi connectivity index (χ0) is 16.7. The first kappa shape index (κ1) is 17.9. The minimum Gasteiger partial charge on any atom is -0.404 e. The summed E-state index contributed by atoms with van der Waals surface area (Å²) in [5.74, 6) is -0.114. The third kappa shape index (κ3) is 5.94. The third-order valence-corrected chi connectivity index (χ3v) is 4.13. The summed E-state index contributed by atoms with van der Waals surface area (Å²) in [6.45, 7) is 6.49. The minimum atomic E-state index is -4.66. The van der Waals surface area contributed by atoms with Gasteiger partial charge in [-0.3, -0.25) is 4.90 Å². The van der Waals surface area contributed by atoms with Crippen molar-refractivity contribution in [3.05, 3.63) is 24.3 Å². The van der Waals surface area contributed by atoms with Gasteiger partial charge in [-0.25, -0.2) is 0 Å². The van der Waals surface area contributed by atoms with Gasteiger partial charge in [-0.2, -0.15) is 0 Å². The number of halogens is 3. The summed E-state index contributed by atoms with van der Waals surface area (Å²) in [6, 6.07) is 6.38. The molecular formula is C17H25F3N2O. The van der Waals surface area contributed by atoms with Gasteiger partial charge < -0.3 is 9.64 Å². The third-order valence-electron chi connectivity index (χ3n) is 4.13. The highest BCUT2D eigenvalue weighted by Gasteiger charge is 2.33. The van der Waals surface area contributed by atoms with Crippen LogP contribution in [0.2, 0.25) is 0 Å². The van der Waals surface area contributed by atoms with E-state index >= 15 is 0 Å². The molecule has 1 saturated heterocycles. The molecule has 1 heterocycles. The van der Waals surface area contributed by atoms with Crippen molar-refractivity contribution in [2.24, 2.45) is 0 Å². The smallest absolute Gasteiger partial charge is 0.404 e. The molecule has 0 atom stereocenters. The lowest BCUT2D eigenvalue weighted by atomic mass is 10.2. The van der Waals surface area contributed by atoms with Crippen molar-refractivity contribution in [2.45, 2.75) is 39.0 Å². The zero-order valence-electron chi connectivity index (χ0n) is 13.6. The molecule has 1 aliphatic rings. The maximum absolute atomic E-state index is 12.5. The predicted molar refractivity (Wildman–Crippen MR) is 85.9 cm³/mol. The molecule has 23 heavy (non-hydrogen) atoms. The highest BCUT2D eigenvalue weighted by molar-refractivity contribution is 5.58. The first-order valence-electron chi connectivity index (χ1n) is 8.31. The van der Waals surface area contributed by atoms with E-state index < -0.39 is 6.36 Å². The van der Waals surface area contributed by atoms with Crippen LogP contribution in [0.25, 0.3) is 0 Å². The number of benzene rings is 1. The Labute approximate surface area is 136 Å². The molecule has 2 rings (SSSR count). The average Bonchev–Trinajstić information content (AvgIpc) is 2.51. The number of ether oxygens (including phenoxy) is 1. The first-order valence-corrected chi connectivity index (χ1v) is 8.31. The Morgan fingerprint density at radius 1 is 1.00 bits per heavy atom. The van der Waals surface area contributed by atoms with Crippen molar-refractivity contribution >= 4 is 5.69 Å². The van der Waals surface area contributed by atoms with E-state index in [1.165, 1.54) is 31.7 Å². The van der Waals surface area contributed by atoms with Gasteiger partial charge in [0.25, 0.3) is 0 Å². The highest BCUT2D eigenvalue weighted by Crippen LogP contribution is 2.33. The molecule has 1 aromatic carbocycles. The second-order valence-electron chi connectivity index (χ2n) is 5.90. The lowest BCUT2D eigenvalue weighted by Crippen LogP contribution is -2.46. The number of anilines is 1. The monoisotopic (exact) mass is 330 g/mol. The quantitative estimate of drug-likeness (QED) is 0.694. The van der Waals surface area contributed by atoms with Gasteiger partial charge in [0.05, 0.1) is 5.69 Å². The van der Waals surface area contributed by atoms with E-state index in [2.05, 4.69) is 16.6 Å². The number of hydrogen-bond donors (Lipinski definition) is 0. The zero-order valence-corrected chi connectivity index (χ0v) is 13.6. The van der Waals surface area contributed by atoms with Crippen molar-refractivity contribution in [3.8, 4) is 5.75 Å². The molecule has 0 unspecified atom stereocenters. The Morgan fingerprint density at radius 2 is 1.70 bits per heavy atom. The van der Waals surface area contributed by atoms with Crippen molar-refractivity contribution in [1.82, 2.24) is 4.90 Å². The number of piperazine rings is 1. The van der Waals surface area contributed by atoms with Crippen molar-refractivity contribution in [2.75, 3.05) is 37.6 Å². The number of rotatable bonds is 7. The Hall–Kier alpha value is -1.43. The molecule has 0 spiro atoms. The second-order valence-corrected chi connectivity index (χ2v) is 5.90. The maximum Gasteiger partial charge on any atom is 0.573 e. The molecule has 0 N–H and O–H groups in total. The van der Waals surface area contributed by atoms with E-state index in [0.717, 1.165) is 32.7 Å². The number of hydrogen-bond acceptors (Lipinski definition) is 3. The molecule has 0 amide bonds. The molecule has 0 bridgehead atoms. The summed E-state index contributed by atoms with van der Waals surface area (Å²) >= 11 is 0. The minimum absolute atomic E-state index is 0.114. The molecule has 0 radical (unpaired) electrons. The van der Waals surface area contributed by atoms with Crippen LogP contribution in [-0.2, 0) is 0 Å². The van der Waals surface area contributed by atoms with Gasteiger partial charge in [0.1, 0.15) is 0 Å². The van der Waals surface area contributed by atoms with Crippen LogP contribution in [0.3, 0.4) is 0 Å². The van der Waals surface area contributed by atoms with Gasteiger partial charge in [0.15, 0.2) is 5.75 Å². The van der Waals surface area contributed by atoms with Crippen molar-refractivity contribution in [1.29, 1.82) is 0 Å². The Morgan fingerprint density at radius 3 is 2.35 bits per heavy atom. The molecular weight excluding hydrogens is 305 g/mol. The van der Waals surface area contributed by atoms with Gasteiger partial charge >= 0.3 is 6.36 Å². The van der Waals surface area contributed by atoms with E-state index in [4.69, 9.17) is 0 Å². The molecule has 1 aliphatic heterocycles. The van der Waals surface area contributed by atoms with Crippen LogP contribution in [-0.4, -0.2) is 44.0 Å². The van der Waals surface area contributed by atoms with Crippen molar-refractivity contribution in [3.63, 3.8) is 0 Å². The molecule has 0 saturated carbocycles. The summed E-state index contributed by atoms with van der Waals surface area (Å²) in [5, 5.41) is 0. The van der Waals surface area contributed by atoms with Crippen LogP contribution >= 0.6 is 0 Å². The fourth-order valence-electron chi connectivity index (χ4n) is 2.90. The largest absolute Gasteiger partial charge is 0.573 e. The van der Waals surface area contributed by atoms with Gasteiger partial charge in [0, 0.05) is 26.2 Å². The van der Waals surface area contributed by atoms with E-state index in [0.29, 0.717) is 5.69 Å². The number of unbranched alkanes of at least 4 members (excludes halogenated alkanes) is 3. The Kier molecular flexibility index (Phi) is 6.57. The second kappa shape index (κ2) is 8.43. The summed E-state index contributed by atoms with van der Waals surface area (Å²) in [5.41, 5.74) is 0.524. The van der Waals surface area contributed by atoms with Gasteiger partial charge in [0.2, 0.25) is 0 Å². The highest BCUT2D eigenvalue weighted by atomic mass is 19.4. The van der Waals surface area contributed by atoms with E-state index in [1.807, 2.05) is 4.90 Å². The Balaban J connectivity index is 1.88. The lowest BCUT2D eigenvalue weighted by molar-refractivity contribution is -0.274. The fraction of sp³-hybridized carbons (Fsp3) is 0.647. The van der Waals surface area contributed by atoms with Gasteiger partial charge in [-0.15, -0.1) is 13.2 Å². The summed E-state index contributed by atoms with van der Waals surface area (Å²) in [4.78, 5) is 4.36. The van der Waals surface area contributed by atoms with Crippen molar-refractivity contribution < 1.29 is 17.9 Å². The average molecular weight is 330 g/mol. The van der Waals surface area contributed by atoms with Gasteiger partial charge in [-0.05, 0) is 25.1 Å². The lowest BCUT2D eigenvalue weighted by Gasteiger charge is -2.36. The molecule has 1 aromatic rings. The van der Waals surface area contributed by atoms with E-state index in [9.17, 15) is 13.2 Å². The topological polar surface area (TPSA) is 15.7 Å². The van der Waals surface area contributed by atoms with Crippen LogP contribution in [0.1, 0.15) is 32.6 Å². The fourth-order valence-corrected chi connectivity index (χ4v) is 2.90. The Bertz CT molecular complexity index is 471. The first-order chi connectivity index (χ1) is 11.0. The molecule has 0 aliphatic carbocycles. The molecule has 3 nitrogen and oxygen atoms in total. The number of para-hydroxylation sites is 2. The maximum atomic E-state index is 12.5. The standard InChI is InChI=1S/C17H25F3N2O/c1-2-3-4-7-10-21-11-13-22(14-12-21)15-8-5-6-9-16(15)23-17(18,19)20/h5-6,8-9H,2-4,7,10-14H2,1H3. The molecule has 130 valence electrons. The van der Waals surface area contributed by atoms with Crippen LogP contribution < -0.4 is 9.64 Å². The van der Waals surface area contributed by atoms with Gasteiger partial charge in [-0.1, -0.05) is 38.3 Å². The predicted octanol–water partition coefficient (Wildman–Crippen LogP) is 4.29. The SMILES string of the molecule is CCCCCCN1CCN(c2ccccc2OC(F)(F)F)CC1. The molecule has 1 fully saturated rings. The number of alkyl halides is 3. The number of nitrogens with zero attached hydrogens (tertiary/aromatic N) is 2. The van der Waals surface area contributed by atoms with Crippen LogP contribution in [0, 0.1) is 0 Å². The van der Waals surface area contributed by atoms with E-state index in [-0.39, 0.29) is 5.75 Å². The molecule has 6 heteroatoms. The summed E-state index contributed by atoms with van der Waals surface area (Å²) in [6.07, 6.45) is 0.281. The summed E-state index contributed by atoms with van der Waals surface area (Å²) in [7, 11) is 0. The van der Waals surface area contributed by atoms with Crippen LogP contribution in [0.5, 0.6) is 5.75 Å². The normalized spacial score (nSPS) is 16.6.